The molecular formula is C21H23N3O2S. The third-order valence-electron chi connectivity index (χ3n) is 4.44. The molecule has 0 saturated heterocycles. The summed E-state index contributed by atoms with van der Waals surface area (Å²) in [4.78, 5) is 8.96. The van der Waals surface area contributed by atoms with Crippen molar-refractivity contribution in [3.63, 3.8) is 0 Å². The van der Waals surface area contributed by atoms with Crippen LogP contribution in [0.15, 0.2) is 59.9 Å². The van der Waals surface area contributed by atoms with Gasteiger partial charge in [-0.3, -0.25) is 9.97 Å². The predicted molar refractivity (Wildman–Crippen MR) is 108 cm³/mol. The van der Waals surface area contributed by atoms with Crippen LogP contribution in [0.5, 0.6) is 0 Å². The van der Waals surface area contributed by atoms with Gasteiger partial charge in [0.15, 0.2) is 0 Å². The van der Waals surface area contributed by atoms with Gasteiger partial charge >= 0.3 is 0 Å². The first kappa shape index (κ1) is 19.2. The van der Waals surface area contributed by atoms with Gasteiger partial charge in [0.2, 0.25) is 10.0 Å². The lowest BCUT2D eigenvalue weighted by atomic mass is 9.90. The number of nitrogens with two attached hydrogens (primary N) is 1. The fourth-order valence-corrected chi connectivity index (χ4v) is 3.50. The zero-order chi connectivity index (χ0) is 19.8. The number of aryl methyl sites for hydroxylation is 1. The lowest BCUT2D eigenvalue weighted by molar-refractivity contribution is 0.569. The maximum atomic E-state index is 11.5. The maximum Gasteiger partial charge on any atom is 0.238 e. The molecule has 2 heterocycles. The summed E-state index contributed by atoms with van der Waals surface area (Å²) >= 11 is 0. The van der Waals surface area contributed by atoms with Crippen molar-refractivity contribution in [3.8, 4) is 22.3 Å². The molecule has 6 heteroatoms. The van der Waals surface area contributed by atoms with Crippen LogP contribution in [0.2, 0.25) is 0 Å². The van der Waals surface area contributed by atoms with Crippen molar-refractivity contribution in [1.29, 1.82) is 0 Å². The molecule has 0 saturated carbocycles. The second kappa shape index (κ2) is 6.87. The van der Waals surface area contributed by atoms with Gasteiger partial charge in [-0.25, -0.2) is 13.6 Å². The highest BCUT2D eigenvalue weighted by Crippen LogP contribution is 2.30. The number of hydrogen-bond acceptors (Lipinski definition) is 4. The molecule has 0 fully saturated rings. The quantitative estimate of drug-likeness (QED) is 0.741. The van der Waals surface area contributed by atoms with E-state index in [1.807, 2.05) is 31.5 Å². The van der Waals surface area contributed by atoms with Crippen LogP contribution in [-0.2, 0) is 15.4 Å². The topological polar surface area (TPSA) is 85.9 Å². The van der Waals surface area contributed by atoms with E-state index in [2.05, 4.69) is 36.8 Å². The molecule has 0 bridgehead atoms. The second-order valence-electron chi connectivity index (χ2n) is 7.66. The van der Waals surface area contributed by atoms with E-state index < -0.39 is 10.0 Å². The number of rotatable bonds is 3. The Morgan fingerprint density at radius 2 is 1.63 bits per heavy atom. The molecule has 0 aliphatic carbocycles. The van der Waals surface area contributed by atoms with Gasteiger partial charge < -0.3 is 0 Å². The number of pyridine rings is 2. The first-order valence-electron chi connectivity index (χ1n) is 8.61. The molecule has 3 aromatic rings. The maximum absolute atomic E-state index is 11.5. The van der Waals surface area contributed by atoms with Gasteiger partial charge in [0, 0.05) is 40.8 Å². The van der Waals surface area contributed by atoms with Gasteiger partial charge in [-0.15, -0.1) is 0 Å². The molecule has 5 nitrogen and oxygen atoms in total. The van der Waals surface area contributed by atoms with E-state index in [0.717, 1.165) is 33.5 Å². The Morgan fingerprint density at radius 1 is 0.926 bits per heavy atom. The molecular weight excluding hydrogens is 358 g/mol. The van der Waals surface area contributed by atoms with Crippen LogP contribution in [0.25, 0.3) is 22.3 Å². The number of sulfonamides is 1. The Kier molecular flexibility index (Phi) is 4.88. The molecule has 0 aliphatic heterocycles. The van der Waals surface area contributed by atoms with E-state index in [4.69, 9.17) is 5.14 Å². The van der Waals surface area contributed by atoms with Gasteiger partial charge in [-0.2, -0.15) is 0 Å². The van der Waals surface area contributed by atoms with Gasteiger partial charge in [-0.1, -0.05) is 26.8 Å². The van der Waals surface area contributed by atoms with Crippen LogP contribution >= 0.6 is 0 Å². The summed E-state index contributed by atoms with van der Waals surface area (Å²) in [5.74, 6) is 0. The van der Waals surface area contributed by atoms with Crippen LogP contribution in [0, 0.1) is 6.92 Å². The minimum absolute atomic E-state index is 0.0405. The first-order valence-corrected chi connectivity index (χ1v) is 10.2. The van der Waals surface area contributed by atoms with Crippen molar-refractivity contribution < 1.29 is 8.42 Å². The average molecular weight is 382 g/mol. The number of hydrogen-bond donors (Lipinski definition) is 1. The Hall–Kier alpha value is -2.57. The van der Waals surface area contributed by atoms with Gasteiger partial charge in [0.05, 0.1) is 4.90 Å². The Labute approximate surface area is 160 Å². The number of benzene rings is 1. The van der Waals surface area contributed by atoms with Crippen LogP contribution in [0.3, 0.4) is 0 Å². The van der Waals surface area contributed by atoms with Crippen molar-refractivity contribution in [1.82, 2.24) is 9.97 Å². The molecule has 2 aromatic heterocycles. The van der Waals surface area contributed by atoms with E-state index >= 15 is 0 Å². The molecule has 3 rings (SSSR count). The van der Waals surface area contributed by atoms with Crippen LogP contribution < -0.4 is 5.14 Å². The van der Waals surface area contributed by atoms with Crippen molar-refractivity contribution in [2.45, 2.75) is 38.0 Å². The van der Waals surface area contributed by atoms with Crippen molar-refractivity contribution in [2.75, 3.05) is 0 Å². The Morgan fingerprint density at radius 3 is 2.26 bits per heavy atom. The van der Waals surface area contributed by atoms with E-state index in [-0.39, 0.29) is 10.3 Å². The molecule has 1 aromatic carbocycles. The summed E-state index contributed by atoms with van der Waals surface area (Å²) in [7, 11) is -3.72. The van der Waals surface area contributed by atoms with Crippen LogP contribution in [0.1, 0.15) is 32.0 Å². The largest absolute Gasteiger partial charge is 0.263 e. The molecule has 27 heavy (non-hydrogen) atoms. The summed E-state index contributed by atoms with van der Waals surface area (Å²) in [5, 5.41) is 5.22. The Bertz CT molecular complexity index is 1100. The smallest absolute Gasteiger partial charge is 0.238 e. The molecule has 140 valence electrons. The fraction of sp³-hybridized carbons (Fsp3) is 0.238. The molecule has 0 spiro atoms. The minimum atomic E-state index is -3.72. The molecule has 0 unspecified atom stereocenters. The highest BCUT2D eigenvalue weighted by Gasteiger charge is 2.16. The van der Waals surface area contributed by atoms with E-state index in [1.165, 1.54) is 6.07 Å². The molecule has 0 radical (unpaired) electrons. The monoisotopic (exact) mass is 381 g/mol. The SMILES string of the molecule is Cc1cc(S(N)(=O)=O)ccc1-c1cncc(-c2ccnc(C(C)(C)C)c2)c1. The summed E-state index contributed by atoms with van der Waals surface area (Å²) in [6.07, 6.45) is 5.41. The summed E-state index contributed by atoms with van der Waals surface area (Å²) < 4.78 is 23.1. The van der Waals surface area contributed by atoms with E-state index in [9.17, 15) is 8.42 Å². The third kappa shape index (κ3) is 4.23. The van der Waals surface area contributed by atoms with Crippen molar-refractivity contribution >= 4 is 10.0 Å². The lowest BCUT2D eigenvalue weighted by Gasteiger charge is -2.18. The zero-order valence-electron chi connectivity index (χ0n) is 15.9. The number of primary sulfonamides is 1. The van der Waals surface area contributed by atoms with Gasteiger partial charge in [0.25, 0.3) is 0 Å². The third-order valence-corrected chi connectivity index (χ3v) is 5.35. The Balaban J connectivity index is 2.05. The summed E-state index contributed by atoms with van der Waals surface area (Å²) in [5.41, 5.74) is 5.66. The summed E-state index contributed by atoms with van der Waals surface area (Å²) in [6.45, 7) is 8.25. The van der Waals surface area contributed by atoms with Gasteiger partial charge in [-0.05, 0) is 53.9 Å². The van der Waals surface area contributed by atoms with Crippen LogP contribution in [0.4, 0.5) is 0 Å². The normalized spacial score (nSPS) is 12.2. The highest BCUT2D eigenvalue weighted by atomic mass is 32.2. The van der Waals surface area contributed by atoms with Crippen molar-refractivity contribution in [2.24, 2.45) is 5.14 Å². The zero-order valence-corrected chi connectivity index (χ0v) is 16.7. The second-order valence-corrected chi connectivity index (χ2v) is 9.23. The minimum Gasteiger partial charge on any atom is -0.263 e. The van der Waals surface area contributed by atoms with Crippen molar-refractivity contribution in [3.05, 3.63) is 66.2 Å². The predicted octanol–water partition coefficient (Wildman–Crippen LogP) is 4.06. The van der Waals surface area contributed by atoms with Gasteiger partial charge in [0.1, 0.15) is 0 Å². The summed E-state index contributed by atoms with van der Waals surface area (Å²) in [6, 6.07) is 11.0. The fourth-order valence-electron chi connectivity index (χ4n) is 2.90. The van der Waals surface area contributed by atoms with Crippen LogP contribution in [-0.4, -0.2) is 18.4 Å². The highest BCUT2D eigenvalue weighted by molar-refractivity contribution is 7.89. The average Bonchev–Trinajstić information content (AvgIpc) is 2.60. The first-order chi connectivity index (χ1) is 12.6. The lowest BCUT2D eigenvalue weighted by Crippen LogP contribution is -2.13. The molecule has 0 amide bonds. The molecule has 0 aliphatic rings. The number of aromatic nitrogens is 2. The van der Waals surface area contributed by atoms with E-state index in [0.29, 0.717) is 0 Å². The van der Waals surface area contributed by atoms with E-state index in [1.54, 1.807) is 18.3 Å². The number of nitrogens with zero attached hydrogens (tertiary/aromatic N) is 2. The molecule has 2 N–H and O–H groups in total. The molecule has 0 atom stereocenters. The standard InChI is InChI=1S/C21H23N3O2S/c1-14-9-18(27(22,25)26)5-6-19(14)17-10-16(12-23-13-17)15-7-8-24-20(11-15)21(2,3)4/h5-13H,1-4H3,(H2,22,25,26).